The lowest BCUT2D eigenvalue weighted by Gasteiger charge is -2.26. The van der Waals surface area contributed by atoms with Gasteiger partial charge in [-0.3, -0.25) is 14.2 Å². The third-order valence-electron chi connectivity index (χ3n) is 4.97. The van der Waals surface area contributed by atoms with Crippen LogP contribution in [0.5, 0.6) is 0 Å². The molecule has 0 aromatic carbocycles. The molecule has 1 aliphatic carbocycles. The Morgan fingerprint density at radius 2 is 2.08 bits per heavy atom. The average molecular weight is 334 g/mol. The molecule has 2 unspecified atom stereocenters. The molecule has 24 heavy (non-hydrogen) atoms. The van der Waals surface area contributed by atoms with Gasteiger partial charge in [-0.1, -0.05) is 6.08 Å². The molecular weight excluding hydrogens is 315 g/mol. The van der Waals surface area contributed by atoms with Crippen molar-refractivity contribution in [2.45, 2.75) is 31.8 Å². The molecule has 3 aliphatic rings. The van der Waals surface area contributed by atoms with Crippen molar-refractivity contribution >= 4 is 17.4 Å². The van der Waals surface area contributed by atoms with E-state index in [9.17, 15) is 19.1 Å². The maximum absolute atomic E-state index is 14.6. The highest BCUT2D eigenvalue weighted by atomic mass is 19.1. The quantitative estimate of drug-likeness (QED) is 0.831. The fourth-order valence-electron chi connectivity index (χ4n) is 3.50. The second-order valence-electron chi connectivity index (χ2n) is 6.82. The van der Waals surface area contributed by atoms with Gasteiger partial charge in [0.1, 0.15) is 5.82 Å². The fourth-order valence-corrected chi connectivity index (χ4v) is 3.50. The zero-order valence-electron chi connectivity index (χ0n) is 13.1. The summed E-state index contributed by atoms with van der Waals surface area (Å²) in [7, 11) is 0. The zero-order chi connectivity index (χ0) is 17.0. The highest BCUT2D eigenvalue weighted by Gasteiger charge is 2.37. The van der Waals surface area contributed by atoms with E-state index in [1.165, 1.54) is 4.57 Å². The smallest absolute Gasteiger partial charge is 0.312 e. The van der Waals surface area contributed by atoms with Gasteiger partial charge >= 0.3 is 5.97 Å². The number of aromatic nitrogens is 2. The van der Waals surface area contributed by atoms with Crippen LogP contribution in [-0.2, 0) is 11.3 Å². The molecule has 4 rings (SSSR count). The number of carboxylic acid groups (broad SMARTS) is 1. The Morgan fingerprint density at radius 1 is 1.33 bits per heavy atom. The van der Waals surface area contributed by atoms with Gasteiger partial charge in [0, 0.05) is 25.7 Å². The monoisotopic (exact) mass is 334 g/mol. The number of anilines is 1. The van der Waals surface area contributed by atoms with Crippen molar-refractivity contribution < 1.29 is 14.3 Å². The first kappa shape index (κ1) is 15.3. The first-order valence-electron chi connectivity index (χ1n) is 8.21. The summed E-state index contributed by atoms with van der Waals surface area (Å²) < 4.78 is 15.8. The first-order chi connectivity index (χ1) is 11.5. The van der Waals surface area contributed by atoms with Gasteiger partial charge in [0.2, 0.25) is 5.82 Å². The molecule has 3 heterocycles. The number of aliphatic carboxylic acids is 1. The number of nitrogens with two attached hydrogens (primary N) is 1. The van der Waals surface area contributed by atoms with Crippen LogP contribution in [-0.4, -0.2) is 39.8 Å². The van der Waals surface area contributed by atoms with Crippen LogP contribution in [0.2, 0.25) is 0 Å². The molecule has 3 N–H and O–H groups in total. The van der Waals surface area contributed by atoms with Gasteiger partial charge in [0.25, 0.3) is 5.56 Å². The molecule has 2 aliphatic heterocycles. The van der Waals surface area contributed by atoms with Crippen LogP contribution in [0.1, 0.15) is 25.1 Å². The number of carboxylic acids is 1. The predicted molar refractivity (Wildman–Crippen MR) is 85.1 cm³/mol. The standard InChI is InChI=1S/C16H19FN4O3/c17-12-14(20-4-3-10(18)7-20)19-13-11(8-1-2-8)5-9(16(23)24)6-21(13)15(12)22/h5,8-10H,1-4,6-7,18H2,(H,23,24). The minimum Gasteiger partial charge on any atom is -0.481 e. The van der Waals surface area contributed by atoms with Crippen LogP contribution in [0.3, 0.4) is 0 Å². The summed E-state index contributed by atoms with van der Waals surface area (Å²) in [4.78, 5) is 30.0. The van der Waals surface area contributed by atoms with E-state index in [-0.39, 0.29) is 24.3 Å². The van der Waals surface area contributed by atoms with Crippen LogP contribution in [0.4, 0.5) is 10.2 Å². The molecule has 0 radical (unpaired) electrons. The number of rotatable bonds is 3. The maximum atomic E-state index is 14.6. The van der Waals surface area contributed by atoms with Gasteiger partial charge in [-0.05, 0) is 30.8 Å². The van der Waals surface area contributed by atoms with E-state index in [1.807, 2.05) is 0 Å². The second kappa shape index (κ2) is 5.41. The maximum Gasteiger partial charge on any atom is 0.312 e. The van der Waals surface area contributed by atoms with Crippen molar-refractivity contribution in [2.24, 2.45) is 17.6 Å². The van der Waals surface area contributed by atoms with E-state index in [4.69, 9.17) is 5.73 Å². The lowest BCUT2D eigenvalue weighted by Crippen LogP contribution is -2.38. The Bertz CT molecular complexity index is 799. The summed E-state index contributed by atoms with van der Waals surface area (Å²) in [6.45, 7) is 0.949. The van der Waals surface area contributed by atoms with Crippen LogP contribution in [0.25, 0.3) is 5.57 Å². The molecule has 1 aromatic rings. The molecule has 1 saturated carbocycles. The lowest BCUT2D eigenvalue weighted by atomic mass is 9.97. The van der Waals surface area contributed by atoms with Crippen LogP contribution in [0.15, 0.2) is 10.9 Å². The summed E-state index contributed by atoms with van der Waals surface area (Å²) in [5.41, 5.74) is 5.84. The molecule has 1 saturated heterocycles. The number of hydrogen-bond donors (Lipinski definition) is 2. The average Bonchev–Trinajstić information content (AvgIpc) is 3.31. The molecule has 8 heteroatoms. The molecule has 0 bridgehead atoms. The van der Waals surface area contributed by atoms with Crippen LogP contribution in [0, 0.1) is 17.7 Å². The summed E-state index contributed by atoms with van der Waals surface area (Å²) in [6.07, 6.45) is 4.29. The largest absolute Gasteiger partial charge is 0.481 e. The second-order valence-corrected chi connectivity index (χ2v) is 6.82. The highest BCUT2D eigenvalue weighted by Crippen LogP contribution is 2.43. The van der Waals surface area contributed by atoms with Gasteiger partial charge in [-0.2, -0.15) is 4.39 Å². The van der Waals surface area contributed by atoms with Crippen molar-refractivity contribution in [3.05, 3.63) is 28.1 Å². The third kappa shape index (κ3) is 2.41. The Morgan fingerprint density at radius 3 is 2.67 bits per heavy atom. The fraction of sp³-hybridized carbons (Fsp3) is 0.562. The molecule has 2 atom stereocenters. The van der Waals surface area contributed by atoms with Gasteiger partial charge in [0.05, 0.1) is 5.92 Å². The molecule has 2 fully saturated rings. The van der Waals surface area contributed by atoms with Crippen LogP contribution < -0.4 is 16.2 Å². The van der Waals surface area contributed by atoms with E-state index in [0.29, 0.717) is 18.9 Å². The zero-order valence-corrected chi connectivity index (χ0v) is 13.1. The van der Waals surface area contributed by atoms with E-state index in [2.05, 4.69) is 4.98 Å². The number of fused-ring (bicyclic) bond motifs is 1. The Balaban J connectivity index is 1.84. The predicted octanol–water partition coefficient (Wildman–Crippen LogP) is 0.428. The lowest BCUT2D eigenvalue weighted by molar-refractivity contribution is -0.140. The normalized spacial score (nSPS) is 26.2. The Kier molecular flexibility index (Phi) is 3.45. The van der Waals surface area contributed by atoms with Crippen molar-refractivity contribution in [1.82, 2.24) is 9.55 Å². The minimum absolute atomic E-state index is 0.0412. The number of carbonyl (C=O) groups is 1. The summed E-state index contributed by atoms with van der Waals surface area (Å²) in [6, 6.07) is -0.0557. The SMILES string of the molecule is NC1CCN(c2nc3n(c(=O)c2F)CC(C(=O)O)C=C3C2CC2)C1. The van der Waals surface area contributed by atoms with E-state index >= 15 is 0 Å². The number of hydrogen-bond acceptors (Lipinski definition) is 5. The molecule has 7 nitrogen and oxygen atoms in total. The van der Waals surface area contributed by atoms with E-state index in [0.717, 1.165) is 24.8 Å². The minimum atomic E-state index is -1.01. The Labute approximate surface area is 137 Å². The molecule has 0 spiro atoms. The molecule has 0 amide bonds. The van der Waals surface area contributed by atoms with Crippen molar-refractivity contribution in [3.8, 4) is 0 Å². The van der Waals surface area contributed by atoms with E-state index < -0.39 is 23.3 Å². The molecular formula is C16H19FN4O3. The van der Waals surface area contributed by atoms with Crippen molar-refractivity contribution in [1.29, 1.82) is 0 Å². The van der Waals surface area contributed by atoms with Gasteiger partial charge in [-0.25, -0.2) is 4.98 Å². The van der Waals surface area contributed by atoms with Gasteiger partial charge in [0.15, 0.2) is 5.82 Å². The first-order valence-corrected chi connectivity index (χ1v) is 8.21. The molecule has 128 valence electrons. The topological polar surface area (TPSA) is 101 Å². The van der Waals surface area contributed by atoms with Crippen molar-refractivity contribution in [3.63, 3.8) is 0 Å². The number of nitrogens with zero attached hydrogens (tertiary/aromatic N) is 3. The Hall–Kier alpha value is -2.22. The summed E-state index contributed by atoms with van der Waals surface area (Å²) in [5, 5.41) is 9.30. The number of allylic oxidation sites excluding steroid dienone is 1. The van der Waals surface area contributed by atoms with Gasteiger partial charge in [-0.15, -0.1) is 0 Å². The summed E-state index contributed by atoms with van der Waals surface area (Å²) in [5.74, 6) is -2.09. The van der Waals surface area contributed by atoms with E-state index in [1.54, 1.807) is 11.0 Å². The van der Waals surface area contributed by atoms with Crippen LogP contribution >= 0.6 is 0 Å². The van der Waals surface area contributed by atoms with Crippen molar-refractivity contribution in [2.75, 3.05) is 18.0 Å². The molecule has 1 aromatic heterocycles. The number of halogens is 1. The third-order valence-corrected chi connectivity index (χ3v) is 4.97. The van der Waals surface area contributed by atoms with Gasteiger partial charge < -0.3 is 15.7 Å². The highest BCUT2D eigenvalue weighted by molar-refractivity contribution is 5.78. The summed E-state index contributed by atoms with van der Waals surface area (Å²) >= 11 is 0.